The number of primary amides is 1. The predicted molar refractivity (Wildman–Crippen MR) is 63.8 cm³/mol. The number of carboxylic acid groups (broad SMARTS) is 1. The summed E-state index contributed by atoms with van der Waals surface area (Å²) in [6.45, 7) is -0.881. The lowest BCUT2D eigenvalue weighted by atomic mass is 10.4. The number of carbonyl (C=O) groups is 3. The van der Waals surface area contributed by atoms with Crippen molar-refractivity contribution >= 4 is 17.9 Å². The van der Waals surface area contributed by atoms with Crippen molar-refractivity contribution in [3.63, 3.8) is 0 Å². The zero-order chi connectivity index (χ0) is 14.4. The number of aliphatic carboxylic acids is 1. The molecule has 1 aromatic heterocycles. The Kier molecular flexibility index (Phi) is 4.86. The fourth-order valence-corrected chi connectivity index (χ4v) is 1.40. The number of carbonyl (C=O) groups excluding carboxylic acids is 2. The molecule has 0 aromatic carbocycles. The zero-order valence-corrected chi connectivity index (χ0v) is 10.4. The van der Waals surface area contributed by atoms with Gasteiger partial charge in [-0.2, -0.15) is 5.10 Å². The van der Waals surface area contributed by atoms with E-state index in [9.17, 15) is 14.4 Å². The molecule has 19 heavy (non-hydrogen) atoms. The van der Waals surface area contributed by atoms with Gasteiger partial charge in [0.2, 0.25) is 5.91 Å². The first-order valence-electron chi connectivity index (χ1n) is 5.40. The molecule has 0 fully saturated rings. The lowest BCUT2D eigenvalue weighted by molar-refractivity contribution is -0.137. The van der Waals surface area contributed by atoms with Crippen LogP contribution in [0.1, 0.15) is 5.69 Å². The second kappa shape index (κ2) is 6.38. The molecule has 4 N–H and O–H groups in total. The van der Waals surface area contributed by atoms with E-state index in [4.69, 9.17) is 10.8 Å². The van der Waals surface area contributed by atoms with Crippen LogP contribution in [-0.2, 0) is 23.2 Å². The zero-order valence-electron chi connectivity index (χ0n) is 10.4. The van der Waals surface area contributed by atoms with Crippen LogP contribution in [0.25, 0.3) is 0 Å². The summed E-state index contributed by atoms with van der Waals surface area (Å²) in [6.07, 6.45) is 1.57. The van der Waals surface area contributed by atoms with Crippen LogP contribution in [-0.4, -0.2) is 50.8 Å². The third-order valence-corrected chi connectivity index (χ3v) is 2.30. The molecule has 0 bridgehead atoms. The van der Waals surface area contributed by atoms with E-state index in [0.29, 0.717) is 0 Å². The van der Waals surface area contributed by atoms with Crippen molar-refractivity contribution in [2.45, 2.75) is 6.54 Å². The molecular weight excluding hydrogens is 254 g/mol. The summed E-state index contributed by atoms with van der Waals surface area (Å²) >= 11 is 0. The summed E-state index contributed by atoms with van der Waals surface area (Å²) in [5, 5.41) is 15.1. The summed E-state index contributed by atoms with van der Waals surface area (Å²) < 4.78 is 1.57. The minimum Gasteiger partial charge on any atom is -0.480 e. The first-order chi connectivity index (χ1) is 8.90. The summed E-state index contributed by atoms with van der Waals surface area (Å²) in [6, 6.07) is 1.03. The lowest BCUT2D eigenvalue weighted by Gasteiger charge is -2.19. The molecular formula is C10H15N5O4. The average Bonchev–Trinajstić information content (AvgIpc) is 2.69. The van der Waals surface area contributed by atoms with Crippen LogP contribution >= 0.6 is 0 Å². The highest BCUT2D eigenvalue weighted by Gasteiger charge is 2.18. The molecule has 0 saturated heterocycles. The Hall–Kier alpha value is -2.58. The number of aryl methyl sites for hydroxylation is 1. The predicted octanol–water partition coefficient (Wildman–Crippen LogP) is -1.50. The number of urea groups is 1. The highest BCUT2D eigenvalue weighted by molar-refractivity contribution is 5.85. The van der Waals surface area contributed by atoms with Crippen molar-refractivity contribution in [1.29, 1.82) is 0 Å². The number of aromatic nitrogens is 2. The van der Waals surface area contributed by atoms with Gasteiger partial charge >= 0.3 is 12.0 Å². The Labute approximate surface area is 109 Å². The molecule has 0 aliphatic rings. The van der Waals surface area contributed by atoms with Crippen molar-refractivity contribution in [2.24, 2.45) is 12.8 Å². The lowest BCUT2D eigenvalue weighted by Crippen LogP contribution is -2.46. The van der Waals surface area contributed by atoms with E-state index >= 15 is 0 Å². The van der Waals surface area contributed by atoms with E-state index in [-0.39, 0.29) is 6.54 Å². The molecule has 0 atom stereocenters. The van der Waals surface area contributed by atoms with E-state index in [1.807, 2.05) is 0 Å². The number of hydrogen-bond acceptors (Lipinski definition) is 4. The fraction of sp³-hybridized carbons (Fsp3) is 0.400. The fourth-order valence-electron chi connectivity index (χ4n) is 1.40. The molecule has 9 heteroatoms. The third-order valence-electron chi connectivity index (χ3n) is 2.30. The van der Waals surface area contributed by atoms with Crippen molar-refractivity contribution in [3.8, 4) is 0 Å². The molecule has 1 heterocycles. The maximum atomic E-state index is 11.7. The van der Waals surface area contributed by atoms with Crippen LogP contribution in [0.3, 0.4) is 0 Å². The Balaban J connectivity index is 2.58. The van der Waals surface area contributed by atoms with E-state index in [0.717, 1.165) is 10.6 Å². The largest absolute Gasteiger partial charge is 0.480 e. The quantitative estimate of drug-likeness (QED) is 0.578. The van der Waals surface area contributed by atoms with Crippen LogP contribution in [0.2, 0.25) is 0 Å². The molecule has 0 radical (unpaired) electrons. The Morgan fingerprint density at radius 1 is 1.47 bits per heavy atom. The molecule has 0 aliphatic carbocycles. The van der Waals surface area contributed by atoms with Gasteiger partial charge in [0.1, 0.15) is 13.1 Å². The topological polar surface area (TPSA) is 131 Å². The number of nitrogens with two attached hydrogens (primary N) is 1. The van der Waals surface area contributed by atoms with E-state index in [1.54, 1.807) is 24.0 Å². The molecule has 0 aliphatic heterocycles. The van der Waals surface area contributed by atoms with Gasteiger partial charge in [0, 0.05) is 13.2 Å². The number of rotatable bonds is 6. The molecule has 0 unspecified atom stereocenters. The normalized spacial score (nSPS) is 9.95. The number of nitrogens with zero attached hydrogens (tertiary/aromatic N) is 3. The van der Waals surface area contributed by atoms with E-state index < -0.39 is 31.0 Å². The first-order valence-corrected chi connectivity index (χ1v) is 5.40. The summed E-state index contributed by atoms with van der Waals surface area (Å²) in [7, 11) is 1.71. The van der Waals surface area contributed by atoms with Crippen LogP contribution in [0.5, 0.6) is 0 Å². The van der Waals surface area contributed by atoms with Crippen LogP contribution in [0.15, 0.2) is 12.3 Å². The van der Waals surface area contributed by atoms with Crippen LogP contribution in [0.4, 0.5) is 4.79 Å². The molecule has 1 aromatic rings. The van der Waals surface area contributed by atoms with Gasteiger partial charge in [-0.15, -0.1) is 0 Å². The number of hydrogen-bond donors (Lipinski definition) is 3. The standard InChI is InChI=1S/C10H15N5O4/c1-14-7(2-3-13-14)4-12-10(19)15(5-8(11)16)6-9(17)18/h2-3H,4-6H2,1H3,(H2,11,16)(H,12,19)(H,17,18). The summed E-state index contributed by atoms with van der Waals surface area (Å²) in [5.74, 6) is -2.01. The van der Waals surface area contributed by atoms with Gasteiger partial charge in [-0.3, -0.25) is 14.3 Å². The Bertz CT molecular complexity index is 468. The highest BCUT2D eigenvalue weighted by Crippen LogP contribution is 1.97. The summed E-state index contributed by atoms with van der Waals surface area (Å²) in [5.41, 5.74) is 5.69. The smallest absolute Gasteiger partial charge is 0.323 e. The maximum absolute atomic E-state index is 11.7. The number of amides is 3. The number of nitrogens with one attached hydrogen (secondary N) is 1. The van der Waals surface area contributed by atoms with Gasteiger partial charge in [-0.25, -0.2) is 4.79 Å². The van der Waals surface area contributed by atoms with Crippen LogP contribution in [0, 0.1) is 0 Å². The molecule has 3 amide bonds. The van der Waals surface area contributed by atoms with E-state index in [1.165, 1.54) is 0 Å². The van der Waals surface area contributed by atoms with Gasteiger partial charge in [0.05, 0.1) is 12.2 Å². The van der Waals surface area contributed by atoms with Gasteiger partial charge in [-0.1, -0.05) is 0 Å². The molecule has 0 saturated carbocycles. The first kappa shape index (κ1) is 14.5. The second-order valence-electron chi connectivity index (χ2n) is 3.82. The van der Waals surface area contributed by atoms with Crippen LogP contribution < -0.4 is 11.1 Å². The van der Waals surface area contributed by atoms with Crippen molar-refractivity contribution in [2.75, 3.05) is 13.1 Å². The van der Waals surface area contributed by atoms with Gasteiger partial charge in [-0.05, 0) is 6.07 Å². The van der Waals surface area contributed by atoms with Gasteiger partial charge in [0.15, 0.2) is 0 Å². The maximum Gasteiger partial charge on any atom is 0.323 e. The van der Waals surface area contributed by atoms with Gasteiger partial charge in [0.25, 0.3) is 0 Å². The molecule has 0 spiro atoms. The third kappa shape index (κ3) is 4.66. The SMILES string of the molecule is Cn1nccc1CNC(=O)N(CC(N)=O)CC(=O)O. The molecule has 9 nitrogen and oxygen atoms in total. The highest BCUT2D eigenvalue weighted by atomic mass is 16.4. The molecule has 104 valence electrons. The minimum absolute atomic E-state index is 0.171. The van der Waals surface area contributed by atoms with Gasteiger partial charge < -0.3 is 21.1 Å². The molecule has 1 rings (SSSR count). The summed E-state index contributed by atoms with van der Waals surface area (Å²) in [4.78, 5) is 33.9. The van der Waals surface area contributed by atoms with Crippen molar-refractivity contribution in [1.82, 2.24) is 20.0 Å². The second-order valence-corrected chi connectivity index (χ2v) is 3.82. The van der Waals surface area contributed by atoms with Crippen molar-refractivity contribution < 1.29 is 19.5 Å². The Morgan fingerprint density at radius 2 is 2.16 bits per heavy atom. The minimum atomic E-state index is -1.23. The van der Waals surface area contributed by atoms with Crippen molar-refractivity contribution in [3.05, 3.63) is 18.0 Å². The number of carboxylic acids is 1. The van der Waals surface area contributed by atoms with E-state index in [2.05, 4.69) is 10.4 Å². The Morgan fingerprint density at radius 3 is 2.63 bits per heavy atom. The average molecular weight is 269 g/mol. The monoisotopic (exact) mass is 269 g/mol.